The maximum Gasteiger partial charge on any atom is 0.278 e. The number of rotatable bonds is 6. The van der Waals surface area contributed by atoms with Crippen LogP contribution in [0.4, 0.5) is 5.69 Å². The first-order chi connectivity index (χ1) is 14.6. The van der Waals surface area contributed by atoms with Crippen molar-refractivity contribution in [1.82, 2.24) is 0 Å². The summed E-state index contributed by atoms with van der Waals surface area (Å²) in [5.74, 6) is -0.0833. The Morgan fingerprint density at radius 2 is 1.52 bits per heavy atom. The number of anilines is 1. The van der Waals surface area contributed by atoms with Crippen molar-refractivity contribution >= 4 is 21.6 Å². The van der Waals surface area contributed by atoms with Crippen LogP contribution >= 0.6 is 0 Å². The van der Waals surface area contributed by atoms with Gasteiger partial charge in [0, 0.05) is 0 Å². The summed E-state index contributed by atoms with van der Waals surface area (Å²) in [5.41, 5.74) is 4.92. The summed E-state index contributed by atoms with van der Waals surface area (Å²) in [7, 11) is -4.12. The van der Waals surface area contributed by atoms with Gasteiger partial charge in [-0.05, 0) is 86.7 Å². The number of carbonyl (C=O) groups excluding carboxylic acids is 1. The lowest BCUT2D eigenvalue weighted by atomic mass is 10.1. The van der Waals surface area contributed by atoms with E-state index >= 15 is 0 Å². The average molecular weight is 438 g/mol. The molecule has 3 rings (SSSR count). The van der Waals surface area contributed by atoms with Crippen LogP contribution in [-0.2, 0) is 14.8 Å². The number of sulfonamides is 1. The lowest BCUT2D eigenvalue weighted by Crippen LogP contribution is -2.40. The number of amides is 1. The molecule has 0 aliphatic carbocycles. The van der Waals surface area contributed by atoms with E-state index in [1.54, 1.807) is 37.3 Å². The van der Waals surface area contributed by atoms with Crippen LogP contribution in [-0.4, -0.2) is 20.9 Å². The van der Waals surface area contributed by atoms with Crippen LogP contribution in [0.1, 0.15) is 27.8 Å². The maximum atomic E-state index is 13.5. The molecule has 0 saturated heterocycles. The van der Waals surface area contributed by atoms with Gasteiger partial charge in [0.05, 0.1) is 10.6 Å². The standard InChI is InChI=1S/C25H27NO4S/c1-17-14-19(3)21(5)24(15-17)30-16-25(27)26(23-13-9-10-18(2)20(23)4)31(28,29)22-11-7-6-8-12-22/h6-15H,16H2,1-5H3. The Hall–Kier alpha value is -3.12. The van der Waals surface area contributed by atoms with E-state index < -0.39 is 22.5 Å². The van der Waals surface area contributed by atoms with E-state index in [-0.39, 0.29) is 4.90 Å². The van der Waals surface area contributed by atoms with Crippen molar-refractivity contribution in [1.29, 1.82) is 0 Å². The number of hydrogen-bond donors (Lipinski definition) is 0. The van der Waals surface area contributed by atoms with Gasteiger partial charge in [-0.3, -0.25) is 4.79 Å². The number of benzene rings is 3. The Balaban J connectivity index is 2.03. The number of nitrogens with zero attached hydrogens (tertiary/aromatic N) is 1. The van der Waals surface area contributed by atoms with Crippen molar-refractivity contribution in [2.24, 2.45) is 0 Å². The van der Waals surface area contributed by atoms with Crippen molar-refractivity contribution < 1.29 is 17.9 Å². The van der Waals surface area contributed by atoms with Crippen LogP contribution < -0.4 is 9.04 Å². The monoisotopic (exact) mass is 437 g/mol. The van der Waals surface area contributed by atoms with Crippen LogP contribution in [0.3, 0.4) is 0 Å². The first-order valence-electron chi connectivity index (χ1n) is 10.0. The lowest BCUT2D eigenvalue weighted by Gasteiger charge is -2.25. The number of carbonyl (C=O) groups is 1. The van der Waals surface area contributed by atoms with Gasteiger partial charge in [-0.25, -0.2) is 8.42 Å². The highest BCUT2D eigenvalue weighted by molar-refractivity contribution is 7.93. The maximum absolute atomic E-state index is 13.5. The van der Waals surface area contributed by atoms with Crippen LogP contribution in [0.2, 0.25) is 0 Å². The van der Waals surface area contributed by atoms with Gasteiger partial charge in [0.25, 0.3) is 15.9 Å². The van der Waals surface area contributed by atoms with E-state index in [0.29, 0.717) is 11.4 Å². The molecule has 31 heavy (non-hydrogen) atoms. The fourth-order valence-electron chi connectivity index (χ4n) is 3.40. The summed E-state index contributed by atoms with van der Waals surface area (Å²) >= 11 is 0. The molecule has 3 aromatic carbocycles. The van der Waals surface area contributed by atoms with Crippen LogP contribution in [0, 0.1) is 34.6 Å². The quantitative estimate of drug-likeness (QED) is 0.543. The normalized spacial score (nSPS) is 11.3. The van der Waals surface area contributed by atoms with E-state index in [1.807, 2.05) is 45.9 Å². The van der Waals surface area contributed by atoms with E-state index in [2.05, 4.69) is 0 Å². The minimum Gasteiger partial charge on any atom is -0.483 e. The lowest BCUT2D eigenvalue weighted by molar-refractivity contribution is -0.119. The first-order valence-corrected chi connectivity index (χ1v) is 11.5. The van der Waals surface area contributed by atoms with Gasteiger partial charge in [-0.2, -0.15) is 4.31 Å². The summed E-state index contributed by atoms with van der Waals surface area (Å²) in [5, 5.41) is 0. The Kier molecular flexibility index (Phi) is 6.51. The molecule has 0 aliphatic rings. The largest absolute Gasteiger partial charge is 0.483 e. The Morgan fingerprint density at radius 1 is 0.839 bits per heavy atom. The Morgan fingerprint density at radius 3 is 2.19 bits per heavy atom. The van der Waals surface area contributed by atoms with Gasteiger partial charge in [0.15, 0.2) is 6.61 Å². The highest BCUT2D eigenvalue weighted by atomic mass is 32.2. The van der Waals surface area contributed by atoms with Crippen molar-refractivity contribution in [2.45, 2.75) is 39.5 Å². The van der Waals surface area contributed by atoms with Crippen molar-refractivity contribution in [2.75, 3.05) is 10.9 Å². The number of aryl methyl sites for hydroxylation is 3. The van der Waals surface area contributed by atoms with E-state index in [4.69, 9.17) is 4.74 Å². The number of ether oxygens (including phenoxy) is 1. The Labute approximate surface area is 184 Å². The first kappa shape index (κ1) is 22.6. The molecular formula is C25H27NO4S. The molecular weight excluding hydrogens is 410 g/mol. The van der Waals surface area contributed by atoms with Crippen molar-refractivity contribution in [3.8, 4) is 5.75 Å². The molecule has 0 unspecified atom stereocenters. The van der Waals surface area contributed by atoms with Gasteiger partial charge in [-0.15, -0.1) is 0 Å². The highest BCUT2D eigenvalue weighted by Crippen LogP contribution is 2.29. The Bertz CT molecular complexity index is 1220. The molecule has 0 bridgehead atoms. The van der Waals surface area contributed by atoms with Crippen LogP contribution in [0.25, 0.3) is 0 Å². The second kappa shape index (κ2) is 8.94. The smallest absolute Gasteiger partial charge is 0.278 e. The molecule has 0 heterocycles. The molecule has 0 spiro atoms. The molecule has 0 N–H and O–H groups in total. The zero-order valence-electron chi connectivity index (χ0n) is 18.5. The van der Waals surface area contributed by atoms with Crippen LogP contribution in [0.15, 0.2) is 65.6 Å². The minimum absolute atomic E-state index is 0.0480. The second-order valence-electron chi connectivity index (χ2n) is 7.69. The molecule has 0 saturated carbocycles. The summed E-state index contributed by atoms with van der Waals surface area (Å²) in [6.45, 7) is 9.12. The van der Waals surface area contributed by atoms with E-state index in [0.717, 1.165) is 32.1 Å². The van der Waals surface area contributed by atoms with Crippen molar-refractivity contribution in [3.05, 3.63) is 88.5 Å². The summed E-state index contributed by atoms with van der Waals surface area (Å²) < 4.78 is 33.6. The summed E-state index contributed by atoms with van der Waals surface area (Å²) in [6, 6.07) is 17.1. The molecule has 6 heteroatoms. The molecule has 0 aromatic heterocycles. The van der Waals surface area contributed by atoms with Crippen molar-refractivity contribution in [3.63, 3.8) is 0 Å². The predicted octanol–water partition coefficient (Wildman–Crippen LogP) is 5.03. The summed E-state index contributed by atoms with van der Waals surface area (Å²) in [4.78, 5) is 13.4. The van der Waals surface area contributed by atoms with E-state index in [1.165, 1.54) is 12.1 Å². The molecule has 0 radical (unpaired) electrons. The van der Waals surface area contributed by atoms with Gasteiger partial charge < -0.3 is 4.74 Å². The SMILES string of the molecule is Cc1cc(C)c(C)c(OCC(=O)N(c2cccc(C)c2C)S(=O)(=O)c2ccccc2)c1. The minimum atomic E-state index is -4.12. The van der Waals surface area contributed by atoms with Gasteiger partial charge >= 0.3 is 0 Å². The molecule has 0 aliphatic heterocycles. The molecule has 1 amide bonds. The average Bonchev–Trinajstić information content (AvgIpc) is 2.73. The zero-order valence-corrected chi connectivity index (χ0v) is 19.3. The third-order valence-electron chi connectivity index (χ3n) is 5.42. The number of hydrogen-bond acceptors (Lipinski definition) is 4. The molecule has 0 atom stereocenters. The molecule has 3 aromatic rings. The third kappa shape index (κ3) is 4.64. The highest BCUT2D eigenvalue weighted by Gasteiger charge is 2.32. The van der Waals surface area contributed by atoms with Gasteiger partial charge in [-0.1, -0.05) is 36.4 Å². The predicted molar refractivity (Wildman–Crippen MR) is 123 cm³/mol. The fraction of sp³-hybridized carbons (Fsp3) is 0.240. The van der Waals surface area contributed by atoms with Gasteiger partial charge in [0.1, 0.15) is 5.75 Å². The van der Waals surface area contributed by atoms with E-state index in [9.17, 15) is 13.2 Å². The molecule has 162 valence electrons. The topological polar surface area (TPSA) is 63.7 Å². The summed E-state index contributed by atoms with van der Waals surface area (Å²) in [6.07, 6.45) is 0. The van der Waals surface area contributed by atoms with Crippen LogP contribution in [0.5, 0.6) is 5.75 Å². The molecule has 0 fully saturated rings. The zero-order chi connectivity index (χ0) is 22.8. The second-order valence-corrected chi connectivity index (χ2v) is 9.48. The third-order valence-corrected chi connectivity index (χ3v) is 7.17. The fourth-order valence-corrected chi connectivity index (χ4v) is 4.89. The molecule has 5 nitrogen and oxygen atoms in total. The van der Waals surface area contributed by atoms with Gasteiger partial charge in [0.2, 0.25) is 0 Å².